The van der Waals surface area contributed by atoms with Gasteiger partial charge in [-0.1, -0.05) is 0 Å². The Bertz CT molecular complexity index is 271. The molecule has 1 aromatic carbocycles. The molecule has 0 saturated heterocycles. The van der Waals surface area contributed by atoms with Crippen LogP contribution in [-0.4, -0.2) is 13.7 Å². The Hall–Kier alpha value is -1.16. The highest BCUT2D eigenvalue weighted by Crippen LogP contribution is 2.27. The molecule has 0 heterocycles. The second-order valence-electron chi connectivity index (χ2n) is 2.64. The zero-order valence-electron chi connectivity index (χ0n) is 7.26. The number of hydrogen-bond acceptors (Lipinski definition) is 2. The molecule has 0 fully saturated rings. The fraction of sp³-hybridized carbons (Fsp3) is 0.333. The van der Waals surface area contributed by atoms with Crippen molar-refractivity contribution in [3.8, 4) is 5.75 Å². The summed E-state index contributed by atoms with van der Waals surface area (Å²) < 4.78 is 30.7. The summed E-state index contributed by atoms with van der Waals surface area (Å²) in [5, 5.41) is 0. The summed E-state index contributed by atoms with van der Waals surface area (Å²) >= 11 is 0. The fourth-order valence-corrected chi connectivity index (χ4v) is 0.953. The number of nitrogens with two attached hydrogens (primary N) is 1. The van der Waals surface area contributed by atoms with Crippen molar-refractivity contribution in [3.63, 3.8) is 0 Å². The third-order valence-corrected chi connectivity index (χ3v) is 1.77. The lowest BCUT2D eigenvalue weighted by molar-refractivity contribution is 0.00592. The second kappa shape index (κ2) is 3.70. The first-order chi connectivity index (χ1) is 6.10. The fourth-order valence-electron chi connectivity index (χ4n) is 0.953. The predicted molar refractivity (Wildman–Crippen MR) is 45.9 cm³/mol. The number of benzene rings is 1. The van der Waals surface area contributed by atoms with E-state index in [1.165, 1.54) is 31.4 Å². The van der Waals surface area contributed by atoms with Crippen LogP contribution >= 0.6 is 0 Å². The maximum atomic E-state index is 13.0. The lowest BCUT2D eigenvalue weighted by Gasteiger charge is -2.13. The number of rotatable bonds is 3. The molecule has 0 bridgehead atoms. The summed E-state index contributed by atoms with van der Waals surface area (Å²) in [5.74, 6) is -2.40. The first-order valence-corrected chi connectivity index (χ1v) is 3.82. The summed E-state index contributed by atoms with van der Waals surface area (Å²) in [6.07, 6.45) is 0. The SMILES string of the molecule is COc1ccc(C(F)(F)CN)cc1. The summed E-state index contributed by atoms with van der Waals surface area (Å²) in [7, 11) is 1.48. The molecule has 0 spiro atoms. The first-order valence-electron chi connectivity index (χ1n) is 3.82. The van der Waals surface area contributed by atoms with Crippen LogP contribution in [0.4, 0.5) is 8.78 Å². The largest absolute Gasteiger partial charge is 0.497 e. The lowest BCUT2D eigenvalue weighted by Crippen LogP contribution is -2.24. The second-order valence-corrected chi connectivity index (χ2v) is 2.64. The average Bonchev–Trinajstić information content (AvgIpc) is 2.18. The van der Waals surface area contributed by atoms with Crippen molar-refractivity contribution in [1.82, 2.24) is 0 Å². The Morgan fingerprint density at radius 1 is 1.31 bits per heavy atom. The molecular formula is C9H11F2NO. The highest BCUT2D eigenvalue weighted by atomic mass is 19.3. The van der Waals surface area contributed by atoms with E-state index in [0.717, 1.165) is 0 Å². The minimum absolute atomic E-state index is 0.0872. The quantitative estimate of drug-likeness (QED) is 0.782. The van der Waals surface area contributed by atoms with Crippen molar-refractivity contribution < 1.29 is 13.5 Å². The van der Waals surface area contributed by atoms with E-state index in [4.69, 9.17) is 10.5 Å². The maximum absolute atomic E-state index is 13.0. The van der Waals surface area contributed by atoms with Crippen molar-refractivity contribution in [2.24, 2.45) is 5.73 Å². The third kappa shape index (κ3) is 2.15. The Kier molecular flexibility index (Phi) is 2.83. The van der Waals surface area contributed by atoms with Gasteiger partial charge in [0.25, 0.3) is 5.92 Å². The van der Waals surface area contributed by atoms with Crippen LogP contribution in [-0.2, 0) is 5.92 Å². The molecule has 13 heavy (non-hydrogen) atoms. The van der Waals surface area contributed by atoms with Crippen molar-refractivity contribution in [2.45, 2.75) is 5.92 Å². The monoisotopic (exact) mass is 187 g/mol. The Morgan fingerprint density at radius 2 is 1.85 bits per heavy atom. The minimum atomic E-state index is -2.95. The van der Waals surface area contributed by atoms with Gasteiger partial charge < -0.3 is 10.5 Å². The van der Waals surface area contributed by atoms with Gasteiger partial charge in [-0.3, -0.25) is 0 Å². The van der Waals surface area contributed by atoms with Gasteiger partial charge in [0.2, 0.25) is 0 Å². The predicted octanol–water partition coefficient (Wildman–Crippen LogP) is 1.75. The van der Waals surface area contributed by atoms with Gasteiger partial charge in [-0.25, -0.2) is 0 Å². The van der Waals surface area contributed by atoms with Crippen molar-refractivity contribution in [1.29, 1.82) is 0 Å². The Labute approximate surface area is 75.3 Å². The number of alkyl halides is 2. The molecule has 0 radical (unpaired) electrons. The average molecular weight is 187 g/mol. The topological polar surface area (TPSA) is 35.2 Å². The van der Waals surface area contributed by atoms with E-state index in [2.05, 4.69) is 0 Å². The van der Waals surface area contributed by atoms with Gasteiger partial charge in [0.15, 0.2) is 0 Å². The number of halogens is 2. The van der Waals surface area contributed by atoms with E-state index >= 15 is 0 Å². The van der Waals surface area contributed by atoms with Crippen LogP contribution in [0.2, 0.25) is 0 Å². The van der Waals surface area contributed by atoms with Crippen LogP contribution in [0.1, 0.15) is 5.56 Å². The summed E-state index contributed by atoms with van der Waals surface area (Å²) in [6.45, 7) is -0.681. The van der Waals surface area contributed by atoms with Crippen LogP contribution in [0.3, 0.4) is 0 Å². The standard InChI is InChI=1S/C9H11F2NO/c1-13-8-4-2-7(3-5-8)9(10,11)6-12/h2-5H,6,12H2,1H3. The van der Waals surface area contributed by atoms with E-state index in [1.54, 1.807) is 0 Å². The zero-order valence-corrected chi connectivity index (χ0v) is 7.26. The smallest absolute Gasteiger partial charge is 0.285 e. The molecule has 0 aliphatic rings. The Balaban J connectivity index is 2.92. The Morgan fingerprint density at radius 3 is 2.23 bits per heavy atom. The minimum Gasteiger partial charge on any atom is -0.497 e. The van der Waals surface area contributed by atoms with Crippen LogP contribution in [0.5, 0.6) is 5.75 Å². The highest BCUT2D eigenvalue weighted by Gasteiger charge is 2.28. The summed E-state index contributed by atoms with van der Waals surface area (Å²) in [4.78, 5) is 0. The molecule has 4 heteroatoms. The molecule has 0 aliphatic carbocycles. The van der Waals surface area contributed by atoms with E-state index in [-0.39, 0.29) is 5.56 Å². The summed E-state index contributed by atoms with van der Waals surface area (Å²) in [6, 6.07) is 5.59. The lowest BCUT2D eigenvalue weighted by atomic mass is 10.1. The van der Waals surface area contributed by atoms with Gasteiger partial charge in [0.1, 0.15) is 5.75 Å². The summed E-state index contributed by atoms with van der Waals surface area (Å²) in [5.41, 5.74) is 4.84. The van der Waals surface area contributed by atoms with E-state index in [9.17, 15) is 8.78 Å². The normalized spacial score (nSPS) is 11.4. The van der Waals surface area contributed by atoms with Gasteiger partial charge in [0.05, 0.1) is 13.7 Å². The molecule has 0 amide bonds. The van der Waals surface area contributed by atoms with Crippen LogP contribution in [0.15, 0.2) is 24.3 Å². The molecular weight excluding hydrogens is 176 g/mol. The first kappa shape index (κ1) is 9.92. The van der Waals surface area contributed by atoms with E-state index in [1.807, 2.05) is 0 Å². The zero-order chi connectivity index (χ0) is 9.90. The molecule has 2 nitrogen and oxygen atoms in total. The van der Waals surface area contributed by atoms with Gasteiger partial charge in [0, 0.05) is 5.56 Å². The molecule has 0 atom stereocenters. The number of hydrogen-bond donors (Lipinski definition) is 1. The van der Waals surface area contributed by atoms with Gasteiger partial charge in [-0.15, -0.1) is 0 Å². The molecule has 0 aliphatic heterocycles. The van der Waals surface area contributed by atoms with Crippen LogP contribution < -0.4 is 10.5 Å². The third-order valence-electron chi connectivity index (χ3n) is 1.77. The molecule has 1 aromatic rings. The molecule has 72 valence electrons. The van der Waals surface area contributed by atoms with Crippen LogP contribution in [0.25, 0.3) is 0 Å². The van der Waals surface area contributed by atoms with E-state index in [0.29, 0.717) is 5.75 Å². The maximum Gasteiger partial charge on any atom is 0.285 e. The number of methoxy groups -OCH3 is 1. The molecule has 2 N–H and O–H groups in total. The highest BCUT2D eigenvalue weighted by molar-refractivity contribution is 5.29. The van der Waals surface area contributed by atoms with Crippen molar-refractivity contribution in [3.05, 3.63) is 29.8 Å². The van der Waals surface area contributed by atoms with Gasteiger partial charge >= 0.3 is 0 Å². The molecule has 0 unspecified atom stereocenters. The molecule has 0 aromatic heterocycles. The van der Waals surface area contributed by atoms with Crippen molar-refractivity contribution >= 4 is 0 Å². The van der Waals surface area contributed by atoms with Crippen molar-refractivity contribution in [2.75, 3.05) is 13.7 Å². The van der Waals surface area contributed by atoms with Gasteiger partial charge in [-0.2, -0.15) is 8.78 Å². The van der Waals surface area contributed by atoms with E-state index < -0.39 is 12.5 Å². The molecule has 0 saturated carbocycles. The molecule has 1 rings (SSSR count). The van der Waals surface area contributed by atoms with Gasteiger partial charge in [-0.05, 0) is 24.3 Å². The van der Waals surface area contributed by atoms with Crippen LogP contribution in [0, 0.1) is 0 Å². The number of ether oxygens (including phenoxy) is 1.